The van der Waals surface area contributed by atoms with Crippen molar-refractivity contribution in [3.63, 3.8) is 0 Å². The summed E-state index contributed by atoms with van der Waals surface area (Å²) in [6, 6.07) is 10.0. The molecular formula is C15H27NO2Si. The Kier molecular flexibility index (Phi) is 5.74. The lowest BCUT2D eigenvalue weighted by Gasteiger charge is -2.36. The Morgan fingerprint density at radius 3 is 2.21 bits per heavy atom. The van der Waals surface area contributed by atoms with Gasteiger partial charge in [0.05, 0.1) is 0 Å². The van der Waals surface area contributed by atoms with Crippen LogP contribution in [0.25, 0.3) is 0 Å². The summed E-state index contributed by atoms with van der Waals surface area (Å²) in [6.07, 6.45) is 0.693. The predicted molar refractivity (Wildman–Crippen MR) is 82.2 cm³/mol. The van der Waals surface area contributed by atoms with E-state index in [9.17, 15) is 0 Å². The van der Waals surface area contributed by atoms with Gasteiger partial charge in [-0.3, -0.25) is 4.84 Å². The molecule has 0 saturated carbocycles. The van der Waals surface area contributed by atoms with Crippen molar-refractivity contribution in [1.29, 1.82) is 0 Å². The molecule has 0 radical (unpaired) electrons. The molecule has 0 aliphatic rings. The molecule has 0 bridgehead atoms. The van der Waals surface area contributed by atoms with Gasteiger partial charge in [0.2, 0.25) is 0 Å². The molecule has 0 aromatic heterocycles. The van der Waals surface area contributed by atoms with E-state index >= 15 is 0 Å². The summed E-state index contributed by atoms with van der Waals surface area (Å²) >= 11 is 0. The monoisotopic (exact) mass is 281 g/mol. The third kappa shape index (κ3) is 4.73. The minimum atomic E-state index is -1.68. The highest BCUT2D eigenvalue weighted by Gasteiger charge is 2.37. The minimum Gasteiger partial charge on any atom is -0.417 e. The number of hydrogen-bond donors (Lipinski definition) is 1. The van der Waals surface area contributed by atoms with Gasteiger partial charge in [-0.25, -0.2) is 5.90 Å². The van der Waals surface area contributed by atoms with E-state index in [-0.39, 0.29) is 11.1 Å². The maximum Gasteiger partial charge on any atom is 0.191 e. The molecule has 1 aromatic carbocycles. The second-order valence-electron chi connectivity index (χ2n) is 6.43. The first-order valence-electron chi connectivity index (χ1n) is 6.82. The summed E-state index contributed by atoms with van der Waals surface area (Å²) in [5.41, 5.74) is 1.10. The molecule has 0 saturated heterocycles. The average Bonchev–Trinajstić information content (AvgIpc) is 2.34. The Hall–Kier alpha value is -0.683. The Labute approximate surface area is 118 Å². The quantitative estimate of drug-likeness (QED) is 0.632. The summed E-state index contributed by atoms with van der Waals surface area (Å²) in [5, 5.41) is 0.235. The minimum absolute atomic E-state index is 0.0917. The molecular weight excluding hydrogens is 254 g/mol. The first-order chi connectivity index (χ1) is 8.78. The van der Waals surface area contributed by atoms with Crippen LogP contribution >= 0.6 is 0 Å². The fraction of sp³-hybridized carbons (Fsp3) is 0.600. The topological polar surface area (TPSA) is 44.5 Å². The summed E-state index contributed by atoms with van der Waals surface area (Å²) in [4.78, 5) is 5.07. The highest BCUT2D eigenvalue weighted by atomic mass is 28.4. The number of nitrogens with two attached hydrogens (primary N) is 1. The van der Waals surface area contributed by atoms with Crippen molar-refractivity contribution in [2.75, 3.05) is 6.61 Å². The smallest absolute Gasteiger partial charge is 0.191 e. The van der Waals surface area contributed by atoms with Gasteiger partial charge in [-0.05, 0) is 23.7 Å². The van der Waals surface area contributed by atoms with Crippen molar-refractivity contribution in [1.82, 2.24) is 0 Å². The molecule has 19 heavy (non-hydrogen) atoms. The van der Waals surface area contributed by atoms with Gasteiger partial charge >= 0.3 is 0 Å². The molecule has 1 rings (SSSR count). The summed E-state index contributed by atoms with van der Waals surface area (Å²) in [5.74, 6) is 5.40. The zero-order valence-electron chi connectivity index (χ0n) is 12.8. The third-order valence-electron chi connectivity index (χ3n) is 3.98. The van der Waals surface area contributed by atoms with Crippen LogP contribution in [0.15, 0.2) is 30.3 Å². The van der Waals surface area contributed by atoms with Gasteiger partial charge in [-0.2, -0.15) is 0 Å². The standard InChI is InChI=1S/C15H27NO2Si/c1-15(2,3)19(4,5)17-12-11-14(18-16)13-9-7-6-8-10-13/h6-10,14H,11-12,16H2,1-5H3/t14-/m0/s1. The van der Waals surface area contributed by atoms with Gasteiger partial charge in [0.25, 0.3) is 0 Å². The second-order valence-corrected chi connectivity index (χ2v) is 11.2. The molecule has 0 fully saturated rings. The van der Waals surface area contributed by atoms with Crippen LogP contribution in [0.1, 0.15) is 38.9 Å². The van der Waals surface area contributed by atoms with Crippen LogP contribution in [-0.2, 0) is 9.26 Å². The lowest BCUT2D eigenvalue weighted by Crippen LogP contribution is -2.41. The second kappa shape index (κ2) is 6.66. The maximum atomic E-state index is 6.15. The molecule has 2 N–H and O–H groups in total. The fourth-order valence-electron chi connectivity index (χ4n) is 1.62. The van der Waals surface area contributed by atoms with E-state index in [4.69, 9.17) is 15.2 Å². The van der Waals surface area contributed by atoms with E-state index in [0.29, 0.717) is 6.61 Å². The van der Waals surface area contributed by atoms with E-state index in [2.05, 4.69) is 33.9 Å². The predicted octanol–water partition coefficient (Wildman–Crippen LogP) is 4.03. The normalized spacial score (nSPS) is 14.4. The van der Waals surface area contributed by atoms with Crippen LogP contribution in [0.4, 0.5) is 0 Å². The van der Waals surface area contributed by atoms with Crippen LogP contribution in [0.5, 0.6) is 0 Å². The Balaban J connectivity index is 2.52. The SMILES string of the molecule is CC(C)(C)[Si](C)(C)OCC[C@H](ON)c1ccccc1. The molecule has 0 aliphatic heterocycles. The lowest BCUT2D eigenvalue weighted by atomic mass is 10.1. The molecule has 0 heterocycles. The Morgan fingerprint density at radius 1 is 1.16 bits per heavy atom. The van der Waals surface area contributed by atoms with Crippen LogP contribution in [0, 0.1) is 0 Å². The summed E-state index contributed by atoms with van der Waals surface area (Å²) in [6.45, 7) is 11.9. The summed E-state index contributed by atoms with van der Waals surface area (Å²) in [7, 11) is -1.68. The van der Waals surface area contributed by atoms with Crippen LogP contribution in [0.3, 0.4) is 0 Å². The Morgan fingerprint density at radius 2 is 1.74 bits per heavy atom. The first-order valence-corrected chi connectivity index (χ1v) is 9.73. The van der Waals surface area contributed by atoms with Gasteiger partial charge in [0.15, 0.2) is 8.32 Å². The van der Waals surface area contributed by atoms with E-state index < -0.39 is 8.32 Å². The van der Waals surface area contributed by atoms with Gasteiger partial charge < -0.3 is 4.43 Å². The number of benzene rings is 1. The molecule has 3 nitrogen and oxygen atoms in total. The van der Waals surface area contributed by atoms with Crippen molar-refractivity contribution in [3.05, 3.63) is 35.9 Å². The van der Waals surface area contributed by atoms with Crippen molar-refractivity contribution in [2.45, 2.75) is 51.4 Å². The zero-order chi connectivity index (χ0) is 14.5. The number of rotatable bonds is 6. The number of hydrogen-bond acceptors (Lipinski definition) is 3. The highest BCUT2D eigenvalue weighted by molar-refractivity contribution is 6.74. The zero-order valence-corrected chi connectivity index (χ0v) is 13.8. The first kappa shape index (κ1) is 16.4. The summed E-state index contributed by atoms with van der Waals surface area (Å²) < 4.78 is 6.15. The molecule has 0 spiro atoms. The van der Waals surface area contributed by atoms with Crippen molar-refractivity contribution < 1.29 is 9.26 Å². The van der Waals surface area contributed by atoms with Crippen molar-refractivity contribution >= 4 is 8.32 Å². The van der Waals surface area contributed by atoms with E-state index in [1.165, 1.54) is 0 Å². The van der Waals surface area contributed by atoms with E-state index in [1.807, 2.05) is 30.3 Å². The fourth-order valence-corrected chi connectivity index (χ4v) is 2.68. The van der Waals surface area contributed by atoms with Crippen LogP contribution in [-0.4, -0.2) is 14.9 Å². The molecule has 0 amide bonds. The highest BCUT2D eigenvalue weighted by Crippen LogP contribution is 2.36. The molecule has 108 valence electrons. The molecule has 1 atom stereocenters. The van der Waals surface area contributed by atoms with Crippen molar-refractivity contribution in [3.8, 4) is 0 Å². The van der Waals surface area contributed by atoms with Gasteiger partial charge in [-0.1, -0.05) is 51.1 Å². The van der Waals surface area contributed by atoms with Gasteiger partial charge in [-0.15, -0.1) is 0 Å². The van der Waals surface area contributed by atoms with E-state index in [0.717, 1.165) is 12.0 Å². The molecule has 0 aliphatic carbocycles. The van der Waals surface area contributed by atoms with Crippen molar-refractivity contribution in [2.24, 2.45) is 5.90 Å². The molecule has 4 heteroatoms. The van der Waals surface area contributed by atoms with Crippen LogP contribution in [0.2, 0.25) is 18.1 Å². The van der Waals surface area contributed by atoms with E-state index in [1.54, 1.807) is 0 Å². The Bertz CT molecular complexity index is 373. The molecule has 1 aromatic rings. The largest absolute Gasteiger partial charge is 0.417 e. The maximum absolute atomic E-state index is 6.15. The lowest BCUT2D eigenvalue weighted by molar-refractivity contribution is 0.0354. The molecule has 0 unspecified atom stereocenters. The van der Waals surface area contributed by atoms with Crippen LogP contribution < -0.4 is 5.90 Å². The van der Waals surface area contributed by atoms with Gasteiger partial charge in [0.1, 0.15) is 6.10 Å². The third-order valence-corrected chi connectivity index (χ3v) is 8.52. The average molecular weight is 281 g/mol. The van der Waals surface area contributed by atoms with Gasteiger partial charge in [0, 0.05) is 13.0 Å².